The van der Waals surface area contributed by atoms with Gasteiger partial charge in [-0.1, -0.05) is 24.3 Å². The van der Waals surface area contributed by atoms with Crippen LogP contribution in [0.25, 0.3) is 0 Å². The summed E-state index contributed by atoms with van der Waals surface area (Å²) >= 11 is 5.68. The number of carbonyl (C=O) groups is 2. The molecule has 0 spiro atoms. The predicted molar refractivity (Wildman–Crippen MR) is 121 cm³/mol. The van der Waals surface area contributed by atoms with Crippen molar-refractivity contribution in [3.8, 4) is 0 Å². The molecule has 6 nitrogen and oxygen atoms in total. The van der Waals surface area contributed by atoms with Gasteiger partial charge in [-0.2, -0.15) is 0 Å². The standard InChI is InChI=1S/C23H25N3O3S/c1-14-7-6-8-18(13-14)26-15(2)19(21(27)25(3)4)20(24-23(26)30)16-9-11-17(12-10-16)22(28)29-5/h6-13,20H,1-5H3,(H,24,30). The van der Waals surface area contributed by atoms with E-state index >= 15 is 0 Å². The van der Waals surface area contributed by atoms with Gasteiger partial charge in [-0.15, -0.1) is 0 Å². The summed E-state index contributed by atoms with van der Waals surface area (Å²) in [7, 11) is 4.80. The molecular weight excluding hydrogens is 398 g/mol. The summed E-state index contributed by atoms with van der Waals surface area (Å²) < 4.78 is 4.77. The average Bonchev–Trinajstić information content (AvgIpc) is 2.72. The van der Waals surface area contributed by atoms with E-state index in [1.165, 1.54) is 7.11 Å². The van der Waals surface area contributed by atoms with Crippen molar-refractivity contribution in [3.63, 3.8) is 0 Å². The van der Waals surface area contributed by atoms with Crippen LogP contribution in [0.3, 0.4) is 0 Å². The lowest BCUT2D eigenvalue weighted by molar-refractivity contribution is -0.125. The highest BCUT2D eigenvalue weighted by Gasteiger charge is 2.35. The van der Waals surface area contributed by atoms with Crippen molar-refractivity contribution < 1.29 is 14.3 Å². The van der Waals surface area contributed by atoms with Crippen LogP contribution in [0.2, 0.25) is 0 Å². The van der Waals surface area contributed by atoms with Crippen molar-refractivity contribution in [2.45, 2.75) is 19.9 Å². The first-order valence-electron chi connectivity index (χ1n) is 9.52. The third kappa shape index (κ3) is 4.07. The molecule has 7 heteroatoms. The Morgan fingerprint density at radius 3 is 2.33 bits per heavy atom. The number of nitrogens with one attached hydrogen (secondary N) is 1. The SMILES string of the molecule is COC(=O)c1ccc(C2NC(=S)N(c3cccc(C)c3)C(C)=C2C(=O)N(C)C)cc1. The van der Waals surface area contributed by atoms with Gasteiger partial charge in [0.2, 0.25) is 0 Å². The normalized spacial score (nSPS) is 16.2. The number of thiocarbonyl (C=S) groups is 1. The van der Waals surface area contributed by atoms with E-state index in [4.69, 9.17) is 17.0 Å². The van der Waals surface area contributed by atoms with E-state index in [9.17, 15) is 9.59 Å². The van der Waals surface area contributed by atoms with Crippen molar-refractivity contribution >= 4 is 34.9 Å². The number of rotatable bonds is 4. The number of hydrogen-bond donors (Lipinski definition) is 1. The Hall–Kier alpha value is -3.19. The monoisotopic (exact) mass is 423 g/mol. The molecule has 1 atom stereocenters. The van der Waals surface area contributed by atoms with E-state index in [-0.39, 0.29) is 5.91 Å². The molecule has 0 aromatic heterocycles. The van der Waals surface area contributed by atoms with Crippen LogP contribution < -0.4 is 10.2 Å². The quantitative estimate of drug-likeness (QED) is 0.599. The van der Waals surface area contributed by atoms with E-state index in [0.717, 1.165) is 22.5 Å². The molecule has 1 unspecified atom stereocenters. The van der Waals surface area contributed by atoms with Crippen LogP contribution in [0.4, 0.5) is 5.69 Å². The summed E-state index contributed by atoms with van der Waals surface area (Å²) in [5, 5.41) is 3.83. The summed E-state index contributed by atoms with van der Waals surface area (Å²) in [6, 6.07) is 14.5. The van der Waals surface area contributed by atoms with Crippen LogP contribution in [0.15, 0.2) is 59.8 Å². The molecule has 1 aliphatic rings. The van der Waals surface area contributed by atoms with Crippen molar-refractivity contribution in [2.24, 2.45) is 0 Å². The molecule has 1 aliphatic heterocycles. The number of allylic oxidation sites excluding steroid dienone is 1. The molecule has 3 rings (SSSR count). The molecule has 2 aromatic carbocycles. The maximum atomic E-state index is 13.1. The molecule has 1 heterocycles. The van der Waals surface area contributed by atoms with Crippen LogP contribution >= 0.6 is 12.2 Å². The first-order valence-corrected chi connectivity index (χ1v) is 9.93. The maximum absolute atomic E-state index is 13.1. The van der Waals surface area contributed by atoms with Gasteiger partial charge >= 0.3 is 5.97 Å². The highest BCUT2D eigenvalue weighted by molar-refractivity contribution is 7.80. The highest BCUT2D eigenvalue weighted by Crippen LogP contribution is 2.34. The minimum Gasteiger partial charge on any atom is -0.465 e. The van der Waals surface area contributed by atoms with E-state index in [0.29, 0.717) is 16.2 Å². The van der Waals surface area contributed by atoms with Crippen molar-refractivity contribution in [3.05, 3.63) is 76.5 Å². The Kier molecular flexibility index (Phi) is 6.22. The topological polar surface area (TPSA) is 61.9 Å². The average molecular weight is 424 g/mol. The largest absolute Gasteiger partial charge is 0.465 e. The third-order valence-electron chi connectivity index (χ3n) is 5.05. The Labute approximate surface area is 182 Å². The van der Waals surface area contributed by atoms with Crippen molar-refractivity contribution in [1.82, 2.24) is 10.2 Å². The maximum Gasteiger partial charge on any atom is 0.337 e. The zero-order valence-electron chi connectivity index (χ0n) is 17.7. The van der Waals surface area contributed by atoms with E-state index < -0.39 is 12.0 Å². The molecule has 0 saturated carbocycles. The molecule has 156 valence electrons. The number of amides is 1. The number of benzene rings is 2. The lowest BCUT2D eigenvalue weighted by atomic mass is 9.93. The van der Waals surface area contributed by atoms with Gasteiger partial charge in [0, 0.05) is 25.5 Å². The molecule has 2 aromatic rings. The molecule has 1 amide bonds. The number of nitrogens with zero attached hydrogens (tertiary/aromatic N) is 2. The van der Waals surface area contributed by atoms with E-state index in [1.807, 2.05) is 55.1 Å². The molecule has 0 saturated heterocycles. The number of anilines is 1. The number of aryl methyl sites for hydroxylation is 1. The summed E-state index contributed by atoms with van der Waals surface area (Å²) in [4.78, 5) is 28.3. The van der Waals surface area contributed by atoms with Gasteiger partial charge in [-0.3, -0.25) is 9.69 Å². The molecular formula is C23H25N3O3S. The molecule has 30 heavy (non-hydrogen) atoms. The Balaban J connectivity index is 2.11. The Morgan fingerprint density at radius 1 is 1.10 bits per heavy atom. The first-order chi connectivity index (χ1) is 14.2. The first kappa shape index (κ1) is 21.5. The van der Waals surface area contributed by atoms with Crippen molar-refractivity contribution in [2.75, 3.05) is 26.1 Å². The van der Waals surface area contributed by atoms with Crippen LogP contribution in [0.5, 0.6) is 0 Å². The molecule has 0 fully saturated rings. The van der Waals surface area contributed by atoms with Crippen LogP contribution in [-0.4, -0.2) is 43.1 Å². The summed E-state index contributed by atoms with van der Waals surface area (Å²) in [5.74, 6) is -0.516. The molecule has 0 bridgehead atoms. The van der Waals surface area contributed by atoms with Gasteiger partial charge in [-0.25, -0.2) is 4.79 Å². The zero-order valence-corrected chi connectivity index (χ0v) is 18.5. The fraction of sp³-hybridized carbons (Fsp3) is 0.261. The molecule has 0 aliphatic carbocycles. The van der Waals surface area contributed by atoms with Gasteiger partial charge in [-0.05, 0) is 61.5 Å². The lowest BCUT2D eigenvalue weighted by Gasteiger charge is -2.38. The van der Waals surface area contributed by atoms with E-state index in [2.05, 4.69) is 5.32 Å². The predicted octanol–water partition coefficient (Wildman–Crippen LogP) is 3.58. The highest BCUT2D eigenvalue weighted by atomic mass is 32.1. The summed E-state index contributed by atoms with van der Waals surface area (Å²) in [6.45, 7) is 3.92. The summed E-state index contributed by atoms with van der Waals surface area (Å²) in [6.07, 6.45) is 0. The second-order valence-corrected chi connectivity index (χ2v) is 7.76. The molecule has 1 N–H and O–H groups in total. The van der Waals surface area contributed by atoms with Gasteiger partial charge in [0.15, 0.2) is 5.11 Å². The minimum absolute atomic E-state index is 0.109. The van der Waals surface area contributed by atoms with Crippen molar-refractivity contribution in [1.29, 1.82) is 0 Å². The van der Waals surface area contributed by atoms with Crippen LogP contribution in [0, 0.1) is 6.92 Å². The fourth-order valence-electron chi connectivity index (χ4n) is 3.52. The van der Waals surface area contributed by atoms with Gasteiger partial charge in [0.25, 0.3) is 5.91 Å². The molecule has 0 radical (unpaired) electrons. The van der Waals surface area contributed by atoms with Gasteiger partial charge in [0.05, 0.1) is 24.3 Å². The Morgan fingerprint density at radius 2 is 1.77 bits per heavy atom. The zero-order chi connectivity index (χ0) is 22.0. The minimum atomic E-state index is -0.430. The van der Waals surface area contributed by atoms with Gasteiger partial charge in [0.1, 0.15) is 0 Å². The number of hydrogen-bond acceptors (Lipinski definition) is 4. The lowest BCUT2D eigenvalue weighted by Crippen LogP contribution is -2.49. The second kappa shape index (κ2) is 8.67. The Bertz CT molecular complexity index is 1030. The fourth-order valence-corrected chi connectivity index (χ4v) is 3.88. The smallest absolute Gasteiger partial charge is 0.337 e. The number of likely N-dealkylation sites (N-methyl/N-ethyl adjacent to an activating group) is 1. The number of carbonyl (C=O) groups excluding carboxylic acids is 2. The number of ether oxygens (including phenoxy) is 1. The second-order valence-electron chi connectivity index (χ2n) is 7.37. The number of esters is 1. The van der Waals surface area contributed by atoms with Crippen LogP contribution in [-0.2, 0) is 9.53 Å². The third-order valence-corrected chi connectivity index (χ3v) is 5.35. The summed E-state index contributed by atoms with van der Waals surface area (Å²) in [5.41, 5.74) is 4.64. The van der Waals surface area contributed by atoms with Gasteiger partial charge < -0.3 is 15.0 Å². The number of methoxy groups -OCH3 is 1. The van der Waals surface area contributed by atoms with Crippen LogP contribution in [0.1, 0.15) is 34.5 Å². The van der Waals surface area contributed by atoms with E-state index in [1.54, 1.807) is 31.1 Å².